The fourth-order valence-electron chi connectivity index (χ4n) is 3.33. The van der Waals surface area contributed by atoms with Crippen molar-refractivity contribution < 1.29 is 9.59 Å². The second-order valence-corrected chi connectivity index (χ2v) is 7.87. The maximum atomic E-state index is 13.0. The van der Waals surface area contributed by atoms with E-state index in [0.29, 0.717) is 24.7 Å². The summed E-state index contributed by atoms with van der Waals surface area (Å²) in [6.45, 7) is 1.08. The third kappa shape index (κ3) is 6.16. The molecule has 156 valence electrons. The highest BCUT2D eigenvalue weighted by Gasteiger charge is 2.23. The fourth-order valence-corrected chi connectivity index (χ4v) is 3.33. The first-order chi connectivity index (χ1) is 15.2. The molecule has 0 unspecified atom stereocenters. The van der Waals surface area contributed by atoms with Gasteiger partial charge >= 0.3 is 0 Å². The molecule has 4 heteroatoms. The van der Waals surface area contributed by atoms with Gasteiger partial charge in [0.05, 0.1) is 0 Å². The first-order valence-corrected chi connectivity index (χ1v) is 10.6. The number of hydrogen-bond acceptors (Lipinski definition) is 2. The molecule has 1 aliphatic rings. The van der Waals surface area contributed by atoms with Crippen LogP contribution in [-0.4, -0.2) is 22.8 Å². The molecule has 0 radical (unpaired) electrons. The highest BCUT2D eigenvalue weighted by atomic mass is 16.2. The Balaban J connectivity index is 1.44. The molecule has 2 amide bonds. The van der Waals surface area contributed by atoms with Crippen LogP contribution < -0.4 is 5.32 Å². The van der Waals surface area contributed by atoms with E-state index in [4.69, 9.17) is 0 Å². The Labute approximate surface area is 183 Å². The molecule has 1 saturated carbocycles. The van der Waals surface area contributed by atoms with Gasteiger partial charge in [-0.25, -0.2) is 0 Å². The molecule has 0 saturated heterocycles. The van der Waals surface area contributed by atoms with Crippen LogP contribution in [-0.2, 0) is 17.9 Å². The molecule has 0 atom stereocenters. The van der Waals surface area contributed by atoms with Gasteiger partial charge in [0.15, 0.2) is 0 Å². The summed E-state index contributed by atoms with van der Waals surface area (Å²) < 4.78 is 0. The summed E-state index contributed by atoms with van der Waals surface area (Å²) in [5.41, 5.74) is 3.71. The van der Waals surface area contributed by atoms with Gasteiger partial charge in [0.25, 0.3) is 5.91 Å². The molecule has 3 aromatic rings. The largest absolute Gasteiger partial charge is 0.349 e. The molecule has 31 heavy (non-hydrogen) atoms. The lowest BCUT2D eigenvalue weighted by molar-refractivity contribution is -0.127. The van der Waals surface area contributed by atoms with E-state index >= 15 is 0 Å². The van der Waals surface area contributed by atoms with E-state index in [-0.39, 0.29) is 11.8 Å². The molecule has 0 aromatic heterocycles. The number of hydrogen-bond donors (Lipinski definition) is 1. The lowest BCUT2D eigenvalue weighted by Crippen LogP contribution is -2.28. The van der Waals surface area contributed by atoms with Crippen LogP contribution in [0.25, 0.3) is 6.08 Å². The number of carbonyl (C=O) groups is 2. The van der Waals surface area contributed by atoms with Gasteiger partial charge in [-0.1, -0.05) is 72.8 Å². The lowest BCUT2D eigenvalue weighted by Gasteiger charge is -2.21. The van der Waals surface area contributed by atoms with Crippen molar-refractivity contribution >= 4 is 17.9 Å². The molecule has 0 bridgehead atoms. The zero-order valence-corrected chi connectivity index (χ0v) is 17.4. The minimum absolute atomic E-state index is 0.0361. The van der Waals surface area contributed by atoms with Gasteiger partial charge in [-0.15, -0.1) is 0 Å². The second kappa shape index (κ2) is 9.90. The van der Waals surface area contributed by atoms with E-state index in [1.807, 2.05) is 77.7 Å². The molecule has 4 nitrogen and oxygen atoms in total. The van der Waals surface area contributed by atoms with E-state index in [0.717, 1.165) is 29.5 Å². The summed E-state index contributed by atoms with van der Waals surface area (Å²) in [4.78, 5) is 27.0. The first kappa shape index (κ1) is 20.6. The van der Waals surface area contributed by atoms with Crippen LogP contribution in [0.15, 0.2) is 91.0 Å². The molecule has 0 heterocycles. The summed E-state index contributed by atoms with van der Waals surface area (Å²) in [5, 5.41) is 2.98. The van der Waals surface area contributed by atoms with Crippen molar-refractivity contribution in [1.82, 2.24) is 10.2 Å². The summed E-state index contributed by atoms with van der Waals surface area (Å²) in [6, 6.07) is 27.7. The van der Waals surface area contributed by atoms with Crippen LogP contribution in [0.1, 0.15) is 39.9 Å². The summed E-state index contributed by atoms with van der Waals surface area (Å²) in [7, 11) is 0. The smallest absolute Gasteiger partial charge is 0.251 e. The van der Waals surface area contributed by atoms with Crippen molar-refractivity contribution in [3.8, 4) is 0 Å². The van der Waals surface area contributed by atoms with Gasteiger partial charge in [-0.05, 0) is 47.7 Å². The van der Waals surface area contributed by atoms with Gasteiger partial charge in [0.1, 0.15) is 0 Å². The van der Waals surface area contributed by atoms with E-state index in [1.165, 1.54) is 0 Å². The predicted octanol–water partition coefficient (Wildman–Crippen LogP) is 4.82. The molecule has 1 N–H and O–H groups in total. The molecule has 0 aliphatic heterocycles. The van der Waals surface area contributed by atoms with Crippen molar-refractivity contribution in [2.24, 2.45) is 0 Å². The number of nitrogens with zero attached hydrogens (tertiary/aromatic N) is 1. The third-order valence-corrected chi connectivity index (χ3v) is 5.25. The Bertz CT molecular complexity index is 998. The summed E-state index contributed by atoms with van der Waals surface area (Å²) in [5.74, 6) is -0.0886. The lowest BCUT2D eigenvalue weighted by atomic mass is 10.1. The molecule has 1 aliphatic carbocycles. The van der Waals surface area contributed by atoms with Crippen molar-refractivity contribution in [1.29, 1.82) is 0 Å². The number of amides is 2. The van der Waals surface area contributed by atoms with Crippen LogP contribution in [0.3, 0.4) is 0 Å². The molecular formula is C27H26N2O2. The molecule has 1 fully saturated rings. The van der Waals surface area contributed by atoms with E-state index in [2.05, 4.69) is 5.32 Å². The van der Waals surface area contributed by atoms with Crippen molar-refractivity contribution in [2.45, 2.75) is 32.0 Å². The van der Waals surface area contributed by atoms with Crippen LogP contribution in [0.4, 0.5) is 0 Å². The molecular weight excluding hydrogens is 384 g/mol. The second-order valence-electron chi connectivity index (χ2n) is 7.87. The van der Waals surface area contributed by atoms with Gasteiger partial charge in [-0.2, -0.15) is 0 Å². The average Bonchev–Trinajstić information content (AvgIpc) is 3.63. The number of carbonyl (C=O) groups excluding carboxylic acids is 2. The third-order valence-electron chi connectivity index (χ3n) is 5.25. The van der Waals surface area contributed by atoms with Gasteiger partial charge in [0, 0.05) is 30.8 Å². The van der Waals surface area contributed by atoms with Crippen LogP contribution in [0.5, 0.6) is 0 Å². The Morgan fingerprint density at radius 1 is 0.806 bits per heavy atom. The summed E-state index contributed by atoms with van der Waals surface area (Å²) in [6.07, 6.45) is 5.54. The Kier molecular flexibility index (Phi) is 6.58. The van der Waals surface area contributed by atoms with E-state index in [1.54, 1.807) is 24.3 Å². The standard InChI is InChI=1S/C27H26N2O2/c30-26(18-13-21-11-14-24(15-12-21)27(31)28-25-16-17-25)29(19-22-7-3-1-4-8-22)20-23-9-5-2-6-10-23/h1-15,18,25H,16-17,19-20H2,(H,28,31)/b18-13+. The normalized spacial score (nSPS) is 13.2. The Morgan fingerprint density at radius 2 is 1.35 bits per heavy atom. The number of rotatable bonds is 8. The van der Waals surface area contributed by atoms with Crippen LogP contribution >= 0.6 is 0 Å². The van der Waals surface area contributed by atoms with E-state index in [9.17, 15) is 9.59 Å². The molecule has 3 aromatic carbocycles. The first-order valence-electron chi connectivity index (χ1n) is 10.6. The minimum Gasteiger partial charge on any atom is -0.349 e. The minimum atomic E-state index is -0.0525. The van der Waals surface area contributed by atoms with Gasteiger partial charge in [-0.3, -0.25) is 9.59 Å². The van der Waals surface area contributed by atoms with Crippen LogP contribution in [0, 0.1) is 0 Å². The monoisotopic (exact) mass is 410 g/mol. The SMILES string of the molecule is O=C(NC1CC1)c1ccc(/C=C/C(=O)N(Cc2ccccc2)Cc2ccccc2)cc1. The Morgan fingerprint density at radius 3 is 1.87 bits per heavy atom. The quantitative estimate of drug-likeness (QED) is 0.541. The van der Waals surface area contributed by atoms with Crippen LogP contribution in [0.2, 0.25) is 0 Å². The van der Waals surface area contributed by atoms with Crippen molar-refractivity contribution in [3.63, 3.8) is 0 Å². The maximum Gasteiger partial charge on any atom is 0.251 e. The predicted molar refractivity (Wildman–Crippen MR) is 123 cm³/mol. The Hall–Kier alpha value is -3.66. The topological polar surface area (TPSA) is 49.4 Å². The zero-order chi connectivity index (χ0) is 21.5. The molecule has 4 rings (SSSR count). The van der Waals surface area contributed by atoms with Gasteiger partial charge in [0.2, 0.25) is 5.91 Å². The van der Waals surface area contributed by atoms with Crippen molar-refractivity contribution in [2.75, 3.05) is 0 Å². The maximum absolute atomic E-state index is 13.0. The summed E-state index contributed by atoms with van der Waals surface area (Å²) >= 11 is 0. The average molecular weight is 411 g/mol. The number of nitrogens with one attached hydrogen (secondary N) is 1. The van der Waals surface area contributed by atoms with E-state index < -0.39 is 0 Å². The molecule has 0 spiro atoms. The van der Waals surface area contributed by atoms with Gasteiger partial charge < -0.3 is 10.2 Å². The number of benzene rings is 3. The highest BCUT2D eigenvalue weighted by Crippen LogP contribution is 2.19. The fraction of sp³-hybridized carbons (Fsp3) is 0.185. The van der Waals surface area contributed by atoms with Crippen molar-refractivity contribution in [3.05, 3.63) is 113 Å². The highest BCUT2D eigenvalue weighted by molar-refractivity contribution is 5.95. The zero-order valence-electron chi connectivity index (χ0n) is 17.4.